The van der Waals surface area contributed by atoms with Crippen LogP contribution >= 0.6 is 0 Å². The van der Waals surface area contributed by atoms with Crippen molar-refractivity contribution in [1.82, 2.24) is 4.98 Å². The number of esters is 2. The van der Waals surface area contributed by atoms with Crippen LogP contribution in [0.1, 0.15) is 49.9 Å². The fourth-order valence-corrected chi connectivity index (χ4v) is 3.47. The van der Waals surface area contributed by atoms with Crippen molar-refractivity contribution in [2.24, 2.45) is 5.73 Å². The maximum Gasteiger partial charge on any atom is 0.305 e. The lowest BCUT2D eigenvalue weighted by Gasteiger charge is -2.25. The van der Waals surface area contributed by atoms with Crippen molar-refractivity contribution >= 4 is 18.3 Å². The summed E-state index contributed by atoms with van der Waals surface area (Å²) in [4.78, 5) is 34.7. The minimum Gasteiger partial charge on any atom is -0.493 e. The van der Waals surface area contributed by atoms with E-state index in [2.05, 4.69) is 15.5 Å². The summed E-state index contributed by atoms with van der Waals surface area (Å²) in [6.07, 6.45) is 1.71. The molecule has 1 heterocycles. The standard InChI is InChI=1S/C18H18F2O2.C10H13NO4.CH3NO/c1-3-17(21)22-12(2)18(13-4-8-15(19)9-5-13)14-6-10-16(20)11-7-14;1-7-10(15-6-14-8(2)12)9(13-3)4-5-11-7;2-1-3/h4-12,18H,3H2,1-2H3;4-5H,6H2,1-3H3;1H,(H2,2,3). The quantitative estimate of drug-likeness (QED) is 0.224. The molecule has 1 unspecified atom stereocenters. The van der Waals surface area contributed by atoms with Crippen molar-refractivity contribution in [3.8, 4) is 11.5 Å². The Balaban J connectivity index is 0.000000386. The highest BCUT2D eigenvalue weighted by atomic mass is 19.1. The average molecular weight is 561 g/mol. The van der Waals surface area contributed by atoms with E-state index in [1.807, 2.05) is 0 Å². The minimum absolute atomic E-state index is 0.141. The van der Waals surface area contributed by atoms with Crippen LogP contribution in [0.4, 0.5) is 8.78 Å². The second-order valence-electron chi connectivity index (χ2n) is 8.09. The van der Waals surface area contributed by atoms with Crippen molar-refractivity contribution in [3.05, 3.63) is 89.2 Å². The van der Waals surface area contributed by atoms with Gasteiger partial charge in [0, 0.05) is 31.5 Å². The number of ether oxygens (including phenoxy) is 4. The molecular formula is C29H34F2N2O7. The predicted octanol–water partition coefficient (Wildman–Crippen LogP) is 4.84. The number of halogens is 2. The van der Waals surface area contributed by atoms with Crippen LogP contribution in [0, 0.1) is 18.6 Å². The first kappa shape index (κ1) is 33.5. The Morgan fingerprint density at radius 3 is 1.93 bits per heavy atom. The van der Waals surface area contributed by atoms with Gasteiger partial charge in [-0.3, -0.25) is 19.4 Å². The molecule has 0 radical (unpaired) electrons. The van der Waals surface area contributed by atoms with E-state index in [0.29, 0.717) is 17.2 Å². The average Bonchev–Trinajstić information content (AvgIpc) is 2.92. The number of carbonyl (C=O) groups excluding carboxylic acids is 3. The van der Waals surface area contributed by atoms with Crippen LogP contribution in [0.2, 0.25) is 0 Å². The second kappa shape index (κ2) is 17.9. The zero-order chi connectivity index (χ0) is 30.1. The predicted molar refractivity (Wildman–Crippen MR) is 144 cm³/mol. The van der Waals surface area contributed by atoms with Gasteiger partial charge in [0.1, 0.15) is 17.7 Å². The number of aromatic nitrogens is 1. The molecule has 0 spiro atoms. The molecule has 11 heteroatoms. The maximum atomic E-state index is 13.1. The number of rotatable bonds is 9. The van der Waals surface area contributed by atoms with Crippen LogP contribution in [0.15, 0.2) is 60.8 Å². The van der Waals surface area contributed by atoms with Crippen LogP contribution < -0.4 is 15.2 Å². The second-order valence-corrected chi connectivity index (χ2v) is 8.09. The first-order valence-electron chi connectivity index (χ1n) is 12.2. The van der Waals surface area contributed by atoms with Gasteiger partial charge >= 0.3 is 11.9 Å². The molecule has 0 saturated heterocycles. The topological polar surface area (TPSA) is 127 Å². The van der Waals surface area contributed by atoms with Gasteiger partial charge in [-0.2, -0.15) is 0 Å². The SMILES string of the molecule is CCC(=O)OC(C)C(c1ccc(F)cc1)c1ccc(F)cc1.COc1ccnc(C)c1OCOC(C)=O.NC=O. The number of nitrogens with zero attached hydrogens (tertiary/aromatic N) is 1. The van der Waals surface area contributed by atoms with Gasteiger partial charge in [0.05, 0.1) is 12.8 Å². The molecule has 0 saturated carbocycles. The minimum atomic E-state index is -0.441. The van der Waals surface area contributed by atoms with Gasteiger partial charge in [0.2, 0.25) is 13.2 Å². The third-order valence-corrected chi connectivity index (χ3v) is 5.27. The van der Waals surface area contributed by atoms with Crippen LogP contribution in [-0.2, 0) is 23.9 Å². The van der Waals surface area contributed by atoms with E-state index < -0.39 is 12.1 Å². The summed E-state index contributed by atoms with van der Waals surface area (Å²) in [5.41, 5.74) is 6.47. The fourth-order valence-electron chi connectivity index (χ4n) is 3.47. The van der Waals surface area contributed by atoms with E-state index in [-0.39, 0.29) is 43.1 Å². The summed E-state index contributed by atoms with van der Waals surface area (Å²) in [5.74, 6) is -0.593. The molecule has 0 aliphatic heterocycles. The number of pyridine rings is 1. The Labute approximate surface area is 232 Å². The fraction of sp³-hybridized carbons (Fsp3) is 0.310. The van der Waals surface area contributed by atoms with Crippen LogP contribution in [0.25, 0.3) is 0 Å². The van der Waals surface area contributed by atoms with Crippen LogP contribution in [0.5, 0.6) is 11.5 Å². The number of carbonyl (C=O) groups is 3. The Kier molecular flexibility index (Phi) is 15.0. The summed E-state index contributed by atoms with van der Waals surface area (Å²) in [7, 11) is 1.54. The molecule has 1 amide bonds. The molecule has 3 rings (SSSR count). The lowest BCUT2D eigenvalue weighted by atomic mass is 9.87. The highest BCUT2D eigenvalue weighted by Crippen LogP contribution is 2.31. The lowest BCUT2D eigenvalue weighted by molar-refractivity contribution is -0.149. The molecule has 0 aliphatic rings. The number of primary amides is 1. The Morgan fingerprint density at radius 2 is 1.50 bits per heavy atom. The molecule has 2 N–H and O–H groups in total. The van der Waals surface area contributed by atoms with E-state index in [0.717, 1.165) is 11.1 Å². The number of nitrogens with two attached hydrogens (primary N) is 1. The van der Waals surface area contributed by atoms with Crippen molar-refractivity contribution in [1.29, 1.82) is 0 Å². The summed E-state index contributed by atoms with van der Waals surface area (Å²) in [6, 6.07) is 13.7. The number of benzene rings is 2. The molecule has 0 aliphatic carbocycles. The van der Waals surface area contributed by atoms with E-state index in [1.165, 1.54) is 38.3 Å². The van der Waals surface area contributed by atoms with Gasteiger partial charge in [0.25, 0.3) is 0 Å². The Hall–Kier alpha value is -4.54. The number of amides is 1. The van der Waals surface area contributed by atoms with Crippen molar-refractivity contribution in [2.75, 3.05) is 13.9 Å². The molecule has 216 valence electrons. The summed E-state index contributed by atoms with van der Waals surface area (Å²) in [5, 5.41) is 0. The molecule has 1 aromatic heterocycles. The number of aryl methyl sites for hydroxylation is 1. The van der Waals surface area contributed by atoms with E-state index in [4.69, 9.17) is 19.0 Å². The molecule has 0 bridgehead atoms. The smallest absolute Gasteiger partial charge is 0.305 e. The van der Waals surface area contributed by atoms with E-state index >= 15 is 0 Å². The number of methoxy groups -OCH3 is 1. The van der Waals surface area contributed by atoms with Crippen molar-refractivity contribution < 1.29 is 42.1 Å². The number of hydrogen-bond donors (Lipinski definition) is 1. The third-order valence-electron chi connectivity index (χ3n) is 5.27. The molecule has 0 fully saturated rings. The summed E-state index contributed by atoms with van der Waals surface area (Å²) in [6.45, 7) is 6.46. The summed E-state index contributed by atoms with van der Waals surface area (Å²) < 4.78 is 46.7. The first-order chi connectivity index (χ1) is 19.1. The molecule has 40 heavy (non-hydrogen) atoms. The molecule has 1 atom stereocenters. The van der Waals surface area contributed by atoms with Gasteiger partial charge in [-0.1, -0.05) is 31.2 Å². The zero-order valence-corrected chi connectivity index (χ0v) is 23.1. The monoisotopic (exact) mass is 560 g/mol. The first-order valence-corrected chi connectivity index (χ1v) is 12.2. The Morgan fingerprint density at radius 1 is 1.00 bits per heavy atom. The van der Waals surface area contributed by atoms with Crippen molar-refractivity contribution in [2.45, 2.75) is 46.1 Å². The lowest BCUT2D eigenvalue weighted by Crippen LogP contribution is -2.23. The molecular weight excluding hydrogens is 526 g/mol. The van der Waals surface area contributed by atoms with Gasteiger partial charge in [-0.25, -0.2) is 8.78 Å². The van der Waals surface area contributed by atoms with Gasteiger partial charge in [0.15, 0.2) is 11.5 Å². The van der Waals surface area contributed by atoms with Crippen LogP contribution in [-0.4, -0.2) is 43.3 Å². The molecule has 2 aromatic carbocycles. The van der Waals surface area contributed by atoms with E-state index in [1.54, 1.807) is 57.3 Å². The normalized spacial score (nSPS) is 10.6. The van der Waals surface area contributed by atoms with E-state index in [9.17, 15) is 18.4 Å². The number of hydrogen-bond acceptors (Lipinski definition) is 8. The summed E-state index contributed by atoms with van der Waals surface area (Å²) >= 11 is 0. The maximum absolute atomic E-state index is 13.1. The Bertz CT molecular complexity index is 1160. The van der Waals surface area contributed by atoms with Crippen molar-refractivity contribution in [3.63, 3.8) is 0 Å². The highest BCUT2D eigenvalue weighted by Gasteiger charge is 2.24. The molecule has 9 nitrogen and oxygen atoms in total. The highest BCUT2D eigenvalue weighted by molar-refractivity contribution is 5.69. The van der Waals surface area contributed by atoms with Crippen LogP contribution in [0.3, 0.4) is 0 Å². The van der Waals surface area contributed by atoms with Gasteiger partial charge < -0.3 is 24.7 Å². The van der Waals surface area contributed by atoms with Gasteiger partial charge in [-0.05, 0) is 49.2 Å². The molecule has 3 aromatic rings. The van der Waals surface area contributed by atoms with Gasteiger partial charge in [-0.15, -0.1) is 0 Å². The largest absolute Gasteiger partial charge is 0.493 e. The zero-order valence-electron chi connectivity index (χ0n) is 23.1. The third kappa shape index (κ3) is 11.5.